The van der Waals surface area contributed by atoms with E-state index in [9.17, 15) is 13.5 Å². The number of aliphatic hydroxyl groups excluding tert-OH is 1. The highest BCUT2D eigenvalue weighted by Crippen LogP contribution is 2.23. The molecule has 3 N–H and O–H groups in total. The topological polar surface area (TPSA) is 96.5 Å². The van der Waals surface area contributed by atoms with Gasteiger partial charge < -0.3 is 10.8 Å². The van der Waals surface area contributed by atoms with Crippen LogP contribution in [-0.2, 0) is 10.0 Å². The Bertz CT molecular complexity index is 586. The lowest BCUT2D eigenvalue weighted by molar-refractivity contribution is 0.219. The SMILES string of the molecule is CCC(CC)N(CCO)S(=O)(=O)c1cccnc1C(N)=S. The van der Waals surface area contributed by atoms with Gasteiger partial charge >= 0.3 is 0 Å². The van der Waals surface area contributed by atoms with Gasteiger partial charge in [-0.3, -0.25) is 4.98 Å². The van der Waals surface area contributed by atoms with E-state index in [2.05, 4.69) is 4.98 Å². The summed E-state index contributed by atoms with van der Waals surface area (Å²) >= 11 is 4.88. The summed E-state index contributed by atoms with van der Waals surface area (Å²) in [6.45, 7) is 3.59. The minimum Gasteiger partial charge on any atom is -0.395 e. The summed E-state index contributed by atoms with van der Waals surface area (Å²) in [5.41, 5.74) is 5.65. The van der Waals surface area contributed by atoms with Crippen LogP contribution in [0.1, 0.15) is 32.4 Å². The molecule has 1 heterocycles. The molecule has 0 saturated carbocycles. The highest BCUT2D eigenvalue weighted by atomic mass is 32.2. The van der Waals surface area contributed by atoms with Gasteiger partial charge in [0.1, 0.15) is 15.6 Å². The molecule has 0 radical (unpaired) electrons. The molecule has 0 spiro atoms. The first-order valence-corrected chi connectivity index (χ1v) is 8.62. The molecule has 0 saturated heterocycles. The summed E-state index contributed by atoms with van der Waals surface area (Å²) in [5.74, 6) is 0. The Labute approximate surface area is 131 Å². The molecule has 8 heteroatoms. The number of aromatic nitrogens is 1. The van der Waals surface area contributed by atoms with E-state index in [1.807, 2.05) is 13.8 Å². The van der Waals surface area contributed by atoms with Crippen LogP contribution in [0.5, 0.6) is 0 Å². The lowest BCUT2D eigenvalue weighted by Gasteiger charge is -2.29. The van der Waals surface area contributed by atoms with Crippen LogP contribution in [0, 0.1) is 0 Å². The predicted molar refractivity (Wildman–Crippen MR) is 85.5 cm³/mol. The van der Waals surface area contributed by atoms with E-state index in [1.165, 1.54) is 22.6 Å². The third kappa shape index (κ3) is 3.97. The zero-order valence-corrected chi connectivity index (χ0v) is 13.8. The van der Waals surface area contributed by atoms with Gasteiger partial charge in [0.05, 0.1) is 6.61 Å². The summed E-state index contributed by atoms with van der Waals surface area (Å²) < 4.78 is 27.0. The molecule has 6 nitrogen and oxygen atoms in total. The van der Waals surface area contributed by atoms with Crippen molar-refractivity contribution >= 4 is 27.2 Å². The normalized spacial score (nSPS) is 12.0. The molecule has 21 heavy (non-hydrogen) atoms. The maximum absolute atomic E-state index is 12.9. The highest BCUT2D eigenvalue weighted by molar-refractivity contribution is 7.89. The van der Waals surface area contributed by atoms with Gasteiger partial charge in [-0.25, -0.2) is 8.42 Å². The average Bonchev–Trinajstić information content (AvgIpc) is 2.47. The highest BCUT2D eigenvalue weighted by Gasteiger charge is 2.32. The van der Waals surface area contributed by atoms with Crippen LogP contribution < -0.4 is 5.73 Å². The molecule has 1 rings (SSSR count). The molecule has 118 valence electrons. The van der Waals surface area contributed by atoms with Gasteiger partial charge in [0.15, 0.2) is 0 Å². The van der Waals surface area contributed by atoms with E-state index < -0.39 is 10.0 Å². The minimum atomic E-state index is -3.82. The predicted octanol–water partition coefficient (Wildman–Crippen LogP) is 0.887. The Kier molecular flexibility index (Phi) is 6.66. The second-order valence-electron chi connectivity index (χ2n) is 4.52. The average molecular weight is 331 g/mol. The molecule has 0 fully saturated rings. The van der Waals surface area contributed by atoms with Gasteiger partial charge in [-0.05, 0) is 25.0 Å². The van der Waals surface area contributed by atoms with Crippen molar-refractivity contribution in [3.8, 4) is 0 Å². The lowest BCUT2D eigenvalue weighted by Crippen LogP contribution is -2.42. The number of sulfonamides is 1. The lowest BCUT2D eigenvalue weighted by atomic mass is 10.2. The van der Waals surface area contributed by atoms with Gasteiger partial charge in [-0.1, -0.05) is 26.1 Å². The van der Waals surface area contributed by atoms with Gasteiger partial charge in [-0.15, -0.1) is 0 Å². The second-order valence-corrected chi connectivity index (χ2v) is 6.82. The number of hydrogen-bond donors (Lipinski definition) is 2. The first-order valence-electron chi connectivity index (χ1n) is 6.77. The fourth-order valence-corrected chi connectivity index (χ4v) is 4.35. The third-order valence-electron chi connectivity index (χ3n) is 3.26. The van der Waals surface area contributed by atoms with E-state index >= 15 is 0 Å². The summed E-state index contributed by atoms with van der Waals surface area (Å²) in [6, 6.07) is 2.77. The molecule has 0 amide bonds. The largest absolute Gasteiger partial charge is 0.395 e. The Morgan fingerprint density at radius 3 is 2.57 bits per heavy atom. The van der Waals surface area contributed by atoms with Crippen LogP contribution in [0.25, 0.3) is 0 Å². The van der Waals surface area contributed by atoms with Gasteiger partial charge in [0.2, 0.25) is 10.0 Å². The van der Waals surface area contributed by atoms with Gasteiger partial charge in [-0.2, -0.15) is 4.31 Å². The second kappa shape index (κ2) is 7.79. The molecule has 0 aliphatic heterocycles. The monoisotopic (exact) mass is 331 g/mol. The zero-order valence-electron chi connectivity index (χ0n) is 12.2. The quantitative estimate of drug-likeness (QED) is 0.687. The fourth-order valence-electron chi connectivity index (χ4n) is 2.20. The first-order chi connectivity index (χ1) is 9.89. The summed E-state index contributed by atoms with van der Waals surface area (Å²) in [7, 11) is -3.82. The van der Waals surface area contributed by atoms with Crippen molar-refractivity contribution in [3.63, 3.8) is 0 Å². The van der Waals surface area contributed by atoms with Crippen molar-refractivity contribution in [2.45, 2.75) is 37.6 Å². The Balaban J connectivity index is 3.39. The Morgan fingerprint density at radius 1 is 1.48 bits per heavy atom. The van der Waals surface area contributed by atoms with Crippen molar-refractivity contribution in [1.29, 1.82) is 0 Å². The van der Waals surface area contributed by atoms with E-state index in [4.69, 9.17) is 18.0 Å². The van der Waals surface area contributed by atoms with Crippen molar-refractivity contribution in [2.24, 2.45) is 5.73 Å². The standard InChI is InChI=1S/C13H21N3O3S2/c1-3-10(4-2)16(8-9-17)21(18,19)11-6-5-7-15-12(11)13(14)20/h5-7,10,17H,3-4,8-9H2,1-2H3,(H2,14,20). The van der Waals surface area contributed by atoms with Crippen molar-refractivity contribution in [1.82, 2.24) is 9.29 Å². The molecular formula is C13H21N3O3S2. The zero-order chi connectivity index (χ0) is 16.0. The molecule has 0 bridgehead atoms. The molecule has 1 aromatic heterocycles. The molecule has 0 aliphatic rings. The van der Waals surface area contributed by atoms with Crippen LogP contribution in [0.4, 0.5) is 0 Å². The smallest absolute Gasteiger partial charge is 0.245 e. The van der Waals surface area contributed by atoms with E-state index in [-0.39, 0.29) is 34.8 Å². The number of aliphatic hydroxyl groups is 1. The number of thiocarbonyl (C=S) groups is 1. The minimum absolute atomic E-state index is 0.0159. The third-order valence-corrected chi connectivity index (χ3v) is 5.44. The van der Waals surface area contributed by atoms with E-state index in [0.29, 0.717) is 12.8 Å². The van der Waals surface area contributed by atoms with Crippen molar-refractivity contribution in [2.75, 3.05) is 13.2 Å². The number of rotatable bonds is 8. The van der Waals surface area contributed by atoms with E-state index in [1.54, 1.807) is 0 Å². The molecule has 0 unspecified atom stereocenters. The Hall–Kier alpha value is -1.09. The van der Waals surface area contributed by atoms with Crippen LogP contribution in [0.15, 0.2) is 23.2 Å². The van der Waals surface area contributed by atoms with Crippen LogP contribution in [-0.4, -0.2) is 47.0 Å². The van der Waals surface area contributed by atoms with Gasteiger partial charge in [0, 0.05) is 18.8 Å². The maximum atomic E-state index is 12.9. The fraction of sp³-hybridized carbons (Fsp3) is 0.538. The molecular weight excluding hydrogens is 310 g/mol. The molecule has 1 aromatic rings. The maximum Gasteiger partial charge on any atom is 0.245 e. The van der Waals surface area contributed by atoms with Crippen LogP contribution >= 0.6 is 12.2 Å². The van der Waals surface area contributed by atoms with E-state index in [0.717, 1.165) is 0 Å². The number of nitrogens with zero attached hydrogens (tertiary/aromatic N) is 2. The van der Waals surface area contributed by atoms with Crippen molar-refractivity contribution in [3.05, 3.63) is 24.0 Å². The Morgan fingerprint density at radius 2 is 2.10 bits per heavy atom. The summed E-state index contributed by atoms with van der Waals surface area (Å²) in [6.07, 6.45) is 2.75. The molecule has 0 aromatic carbocycles. The molecule has 0 aliphatic carbocycles. The summed E-state index contributed by atoms with van der Waals surface area (Å²) in [5, 5.41) is 9.19. The first kappa shape index (κ1) is 18.0. The number of pyridine rings is 1. The molecule has 0 atom stereocenters. The van der Waals surface area contributed by atoms with Crippen molar-refractivity contribution < 1.29 is 13.5 Å². The van der Waals surface area contributed by atoms with Crippen LogP contribution in [0.3, 0.4) is 0 Å². The van der Waals surface area contributed by atoms with Crippen LogP contribution in [0.2, 0.25) is 0 Å². The number of nitrogens with two attached hydrogens (primary N) is 1. The summed E-state index contributed by atoms with van der Waals surface area (Å²) in [4.78, 5) is 3.88. The number of hydrogen-bond acceptors (Lipinski definition) is 5. The van der Waals surface area contributed by atoms with Gasteiger partial charge in [0.25, 0.3) is 0 Å².